The summed E-state index contributed by atoms with van der Waals surface area (Å²) in [6.45, 7) is 2.25. The van der Waals surface area contributed by atoms with Gasteiger partial charge in [0.15, 0.2) is 0 Å². The fourth-order valence-electron chi connectivity index (χ4n) is 3.85. The number of rotatable bonds is 4. The van der Waals surface area contributed by atoms with Gasteiger partial charge in [-0.05, 0) is 41.8 Å². The van der Waals surface area contributed by atoms with Gasteiger partial charge in [-0.25, -0.2) is 0 Å². The normalized spacial score (nSPS) is 18.0. The third-order valence-corrected chi connectivity index (χ3v) is 6.00. The molecular formula is C22H16Cl2N2O3. The number of fused-ring (bicyclic) bond motifs is 1. The maximum atomic E-state index is 13.4. The molecule has 3 aromatic rings. The Morgan fingerprint density at radius 1 is 1.00 bits per heavy atom. The fourth-order valence-corrected chi connectivity index (χ4v) is 4.23. The summed E-state index contributed by atoms with van der Waals surface area (Å²) < 4.78 is 0. The second-order valence-corrected chi connectivity index (χ2v) is 7.90. The number of amides is 1. The molecular weight excluding hydrogens is 411 g/mol. The zero-order valence-corrected chi connectivity index (χ0v) is 16.9. The Bertz CT molecular complexity index is 1110. The standard InChI is InChI=1S/C22H16Cl2N2O3/c1-22(15-7-9-16(23)10-8-15)18-3-2-4-19(24)20(18)21(27)25(22)13-14-5-11-17(12-6-14)26(28)29/h2-12H,13H2,1H3. The van der Waals surface area contributed by atoms with Crippen molar-refractivity contribution in [2.24, 2.45) is 0 Å². The van der Waals surface area contributed by atoms with Crippen molar-refractivity contribution < 1.29 is 9.72 Å². The average molecular weight is 427 g/mol. The molecule has 0 aliphatic carbocycles. The van der Waals surface area contributed by atoms with Gasteiger partial charge in [-0.3, -0.25) is 14.9 Å². The highest BCUT2D eigenvalue weighted by Crippen LogP contribution is 2.47. The summed E-state index contributed by atoms with van der Waals surface area (Å²) in [6.07, 6.45) is 0. The molecule has 1 aliphatic rings. The molecule has 5 nitrogen and oxygen atoms in total. The predicted octanol–water partition coefficient (Wildman–Crippen LogP) is 5.82. The van der Waals surface area contributed by atoms with Gasteiger partial charge in [0, 0.05) is 23.7 Å². The first kappa shape index (κ1) is 19.4. The van der Waals surface area contributed by atoms with E-state index in [1.165, 1.54) is 12.1 Å². The van der Waals surface area contributed by atoms with Crippen LogP contribution in [0.25, 0.3) is 0 Å². The Balaban J connectivity index is 1.82. The van der Waals surface area contributed by atoms with Crippen LogP contribution in [0.1, 0.15) is 34.0 Å². The number of halogens is 2. The Hall–Kier alpha value is -2.89. The minimum absolute atomic E-state index is 0.00768. The highest BCUT2D eigenvalue weighted by Gasteiger charge is 2.48. The molecule has 29 heavy (non-hydrogen) atoms. The number of nitro groups is 1. The lowest BCUT2D eigenvalue weighted by molar-refractivity contribution is -0.384. The van der Waals surface area contributed by atoms with Crippen LogP contribution in [0.15, 0.2) is 66.7 Å². The van der Waals surface area contributed by atoms with E-state index in [0.29, 0.717) is 15.6 Å². The molecule has 0 aromatic heterocycles. The van der Waals surface area contributed by atoms with Crippen molar-refractivity contribution in [2.45, 2.75) is 19.0 Å². The average Bonchev–Trinajstić information content (AvgIpc) is 2.92. The molecule has 1 amide bonds. The van der Waals surface area contributed by atoms with Gasteiger partial charge in [-0.15, -0.1) is 0 Å². The predicted molar refractivity (Wildman–Crippen MR) is 112 cm³/mol. The summed E-state index contributed by atoms with van der Waals surface area (Å²) >= 11 is 12.5. The molecule has 146 valence electrons. The summed E-state index contributed by atoms with van der Waals surface area (Å²) in [5.41, 5.74) is 2.23. The molecule has 1 unspecified atom stereocenters. The molecule has 7 heteroatoms. The second-order valence-electron chi connectivity index (χ2n) is 7.06. The van der Waals surface area contributed by atoms with E-state index in [0.717, 1.165) is 16.7 Å². The van der Waals surface area contributed by atoms with Crippen molar-refractivity contribution in [1.82, 2.24) is 4.90 Å². The van der Waals surface area contributed by atoms with Crippen molar-refractivity contribution in [1.29, 1.82) is 0 Å². The number of benzene rings is 3. The third-order valence-electron chi connectivity index (χ3n) is 5.43. The zero-order chi connectivity index (χ0) is 20.8. The summed E-state index contributed by atoms with van der Waals surface area (Å²) in [7, 11) is 0. The van der Waals surface area contributed by atoms with Crippen LogP contribution in [0.2, 0.25) is 10.0 Å². The van der Waals surface area contributed by atoms with E-state index in [4.69, 9.17) is 23.2 Å². The number of non-ortho nitro benzene ring substituents is 1. The maximum absolute atomic E-state index is 13.4. The summed E-state index contributed by atoms with van der Waals surface area (Å²) in [5.74, 6) is -0.179. The number of nitro benzene ring substituents is 1. The number of carbonyl (C=O) groups is 1. The lowest BCUT2D eigenvalue weighted by Gasteiger charge is -2.37. The van der Waals surface area contributed by atoms with Crippen LogP contribution in [0, 0.1) is 10.1 Å². The van der Waals surface area contributed by atoms with E-state index in [9.17, 15) is 14.9 Å². The minimum atomic E-state index is -0.760. The molecule has 0 bridgehead atoms. The summed E-state index contributed by atoms with van der Waals surface area (Å²) in [6, 6.07) is 19.0. The second kappa shape index (κ2) is 7.17. The summed E-state index contributed by atoms with van der Waals surface area (Å²) in [4.78, 5) is 25.6. The first-order chi connectivity index (χ1) is 13.8. The van der Waals surface area contributed by atoms with Gasteiger partial charge in [0.1, 0.15) is 0 Å². The quantitative estimate of drug-likeness (QED) is 0.389. The van der Waals surface area contributed by atoms with Crippen LogP contribution >= 0.6 is 23.2 Å². The molecule has 0 N–H and O–H groups in total. The number of hydrogen-bond acceptors (Lipinski definition) is 3. The van der Waals surface area contributed by atoms with Gasteiger partial charge in [-0.2, -0.15) is 0 Å². The molecule has 0 radical (unpaired) electrons. The summed E-state index contributed by atoms with van der Waals surface area (Å²) in [5, 5.41) is 11.9. The maximum Gasteiger partial charge on any atom is 0.269 e. The van der Waals surface area contributed by atoms with Gasteiger partial charge >= 0.3 is 0 Å². The smallest absolute Gasteiger partial charge is 0.269 e. The van der Waals surface area contributed by atoms with Gasteiger partial charge < -0.3 is 4.90 Å². The van der Waals surface area contributed by atoms with Crippen LogP contribution in [0.3, 0.4) is 0 Å². The van der Waals surface area contributed by atoms with E-state index in [1.54, 1.807) is 35.2 Å². The highest BCUT2D eigenvalue weighted by atomic mass is 35.5. The van der Waals surface area contributed by atoms with E-state index < -0.39 is 10.5 Å². The van der Waals surface area contributed by atoms with Gasteiger partial charge in [-0.1, -0.05) is 59.6 Å². The molecule has 3 aromatic carbocycles. The number of hydrogen-bond donors (Lipinski definition) is 0. The molecule has 1 atom stereocenters. The monoisotopic (exact) mass is 426 g/mol. The first-order valence-corrected chi connectivity index (χ1v) is 9.68. The molecule has 1 heterocycles. The number of carbonyl (C=O) groups excluding carboxylic acids is 1. The Kier molecular flexibility index (Phi) is 4.81. The van der Waals surface area contributed by atoms with Gasteiger partial charge in [0.05, 0.1) is 21.0 Å². The topological polar surface area (TPSA) is 63.5 Å². The Morgan fingerprint density at radius 2 is 1.66 bits per heavy atom. The molecule has 1 aliphatic heterocycles. The largest absolute Gasteiger partial charge is 0.321 e. The van der Waals surface area contributed by atoms with Crippen LogP contribution in [-0.4, -0.2) is 15.7 Å². The fraction of sp³-hybridized carbons (Fsp3) is 0.136. The Labute approximate surface area is 177 Å². The van der Waals surface area contributed by atoms with Crippen molar-refractivity contribution in [3.8, 4) is 0 Å². The van der Waals surface area contributed by atoms with E-state index >= 15 is 0 Å². The third kappa shape index (κ3) is 3.16. The Morgan fingerprint density at radius 3 is 2.28 bits per heavy atom. The zero-order valence-electron chi connectivity index (χ0n) is 15.4. The van der Waals surface area contributed by atoms with E-state index in [2.05, 4.69) is 0 Å². The van der Waals surface area contributed by atoms with Gasteiger partial charge in [0.2, 0.25) is 0 Å². The molecule has 4 rings (SSSR count). The molecule has 0 saturated carbocycles. The lowest BCUT2D eigenvalue weighted by atomic mass is 9.84. The SMILES string of the molecule is CC1(c2ccc(Cl)cc2)c2cccc(Cl)c2C(=O)N1Cc1ccc([N+](=O)[O-])cc1. The van der Waals surface area contributed by atoms with Crippen molar-refractivity contribution >= 4 is 34.8 Å². The van der Waals surface area contributed by atoms with E-state index in [-0.39, 0.29) is 18.1 Å². The van der Waals surface area contributed by atoms with Crippen LogP contribution < -0.4 is 0 Å². The first-order valence-electron chi connectivity index (χ1n) is 8.92. The number of nitrogens with zero attached hydrogens (tertiary/aromatic N) is 2. The van der Waals surface area contributed by atoms with Crippen molar-refractivity contribution in [2.75, 3.05) is 0 Å². The highest BCUT2D eigenvalue weighted by molar-refractivity contribution is 6.34. The molecule has 0 spiro atoms. The van der Waals surface area contributed by atoms with Crippen LogP contribution in [0.5, 0.6) is 0 Å². The van der Waals surface area contributed by atoms with Crippen LogP contribution in [0.4, 0.5) is 5.69 Å². The lowest BCUT2D eigenvalue weighted by Crippen LogP contribution is -2.41. The molecule has 0 saturated heterocycles. The van der Waals surface area contributed by atoms with Crippen LogP contribution in [-0.2, 0) is 12.1 Å². The van der Waals surface area contributed by atoms with Crippen molar-refractivity contribution in [3.05, 3.63) is 109 Å². The van der Waals surface area contributed by atoms with Crippen molar-refractivity contribution in [3.63, 3.8) is 0 Å². The molecule has 0 fully saturated rings. The van der Waals surface area contributed by atoms with E-state index in [1.807, 2.05) is 31.2 Å². The van der Waals surface area contributed by atoms with Gasteiger partial charge in [0.25, 0.3) is 11.6 Å². The minimum Gasteiger partial charge on any atom is -0.321 e.